The van der Waals surface area contributed by atoms with Gasteiger partial charge in [-0.05, 0) is 55.4 Å². The van der Waals surface area contributed by atoms with Gasteiger partial charge in [-0.2, -0.15) is 0 Å². The minimum Gasteiger partial charge on any atom is -0.493 e. The monoisotopic (exact) mass is 234 g/mol. The van der Waals surface area contributed by atoms with E-state index in [4.69, 9.17) is 4.74 Å². The fraction of sp³-hybridized carbons (Fsp3) is 0.600. The molecule has 1 aliphatic carbocycles. The van der Waals surface area contributed by atoms with Crippen molar-refractivity contribution in [3.05, 3.63) is 29.3 Å². The van der Waals surface area contributed by atoms with Crippen molar-refractivity contribution in [3.63, 3.8) is 0 Å². The van der Waals surface area contributed by atoms with Crippen LogP contribution in [0.15, 0.2) is 18.2 Å². The van der Waals surface area contributed by atoms with Gasteiger partial charge in [0, 0.05) is 6.42 Å². The largest absolute Gasteiger partial charge is 0.493 e. The number of fused-ring (bicyclic) bond motifs is 1. The minimum absolute atomic E-state index is 0.229. The van der Waals surface area contributed by atoms with Crippen LogP contribution in [0, 0.1) is 0 Å². The van der Waals surface area contributed by atoms with Gasteiger partial charge < -0.3 is 9.84 Å². The number of ether oxygens (including phenoxy) is 1. The zero-order valence-corrected chi connectivity index (χ0v) is 10.6. The number of aryl methyl sites for hydroxylation is 2. The van der Waals surface area contributed by atoms with Crippen LogP contribution in [0.5, 0.6) is 5.75 Å². The first-order valence-electron chi connectivity index (χ1n) is 6.72. The Morgan fingerprint density at radius 2 is 2.00 bits per heavy atom. The summed E-state index contributed by atoms with van der Waals surface area (Å²) in [5, 5.41) is 9.45. The Hall–Kier alpha value is -1.02. The molecule has 17 heavy (non-hydrogen) atoms. The first kappa shape index (κ1) is 12.4. The van der Waals surface area contributed by atoms with Crippen LogP contribution in [-0.4, -0.2) is 17.8 Å². The van der Waals surface area contributed by atoms with Crippen molar-refractivity contribution in [2.24, 2.45) is 0 Å². The lowest BCUT2D eigenvalue weighted by Crippen LogP contribution is -2.11. The predicted molar refractivity (Wildman–Crippen MR) is 69.5 cm³/mol. The van der Waals surface area contributed by atoms with Crippen molar-refractivity contribution < 1.29 is 9.84 Å². The Labute approximate surface area is 104 Å². The van der Waals surface area contributed by atoms with E-state index in [0.29, 0.717) is 13.0 Å². The number of benzene rings is 1. The molecule has 1 aromatic rings. The molecule has 0 radical (unpaired) electrons. The van der Waals surface area contributed by atoms with Gasteiger partial charge in [0.15, 0.2) is 0 Å². The molecule has 2 heteroatoms. The lowest BCUT2D eigenvalue weighted by molar-refractivity contribution is 0.135. The van der Waals surface area contributed by atoms with Crippen molar-refractivity contribution >= 4 is 0 Å². The van der Waals surface area contributed by atoms with Crippen LogP contribution < -0.4 is 4.74 Å². The third-order valence-corrected chi connectivity index (χ3v) is 3.51. The van der Waals surface area contributed by atoms with Crippen LogP contribution in [0.3, 0.4) is 0 Å². The molecule has 1 N–H and O–H groups in total. The fourth-order valence-electron chi connectivity index (χ4n) is 2.32. The molecule has 0 aromatic heterocycles. The van der Waals surface area contributed by atoms with Crippen LogP contribution in [0.1, 0.15) is 43.7 Å². The van der Waals surface area contributed by atoms with Gasteiger partial charge in [0.25, 0.3) is 0 Å². The first-order valence-corrected chi connectivity index (χ1v) is 6.72. The highest BCUT2D eigenvalue weighted by Gasteiger charge is 2.10. The fourth-order valence-corrected chi connectivity index (χ4v) is 2.32. The van der Waals surface area contributed by atoms with Gasteiger partial charge in [-0.25, -0.2) is 0 Å². The van der Waals surface area contributed by atoms with Gasteiger partial charge in [-0.1, -0.05) is 13.0 Å². The number of rotatable bonds is 5. The maximum Gasteiger partial charge on any atom is 0.119 e. The zero-order valence-electron chi connectivity index (χ0n) is 10.6. The van der Waals surface area contributed by atoms with Gasteiger partial charge in [-0.3, -0.25) is 0 Å². The molecule has 0 spiro atoms. The number of hydrogen-bond donors (Lipinski definition) is 1. The SMILES string of the molecule is CCC(O)CCOc1ccc2c(c1)CCCC2. The van der Waals surface area contributed by atoms with Crippen LogP contribution in [-0.2, 0) is 12.8 Å². The van der Waals surface area contributed by atoms with E-state index in [1.54, 1.807) is 0 Å². The van der Waals surface area contributed by atoms with Crippen molar-refractivity contribution in [1.82, 2.24) is 0 Å². The average Bonchev–Trinajstić information content (AvgIpc) is 2.38. The van der Waals surface area contributed by atoms with E-state index >= 15 is 0 Å². The molecule has 0 amide bonds. The molecule has 1 aliphatic rings. The van der Waals surface area contributed by atoms with E-state index in [9.17, 15) is 5.11 Å². The average molecular weight is 234 g/mol. The lowest BCUT2D eigenvalue weighted by Gasteiger charge is -2.17. The summed E-state index contributed by atoms with van der Waals surface area (Å²) < 4.78 is 5.68. The molecule has 2 nitrogen and oxygen atoms in total. The Morgan fingerprint density at radius 1 is 1.24 bits per heavy atom. The summed E-state index contributed by atoms with van der Waals surface area (Å²) in [7, 11) is 0. The molecule has 1 unspecified atom stereocenters. The van der Waals surface area contributed by atoms with Crippen LogP contribution in [0.25, 0.3) is 0 Å². The van der Waals surface area contributed by atoms with Crippen LogP contribution in [0.2, 0.25) is 0 Å². The third kappa shape index (κ3) is 3.47. The predicted octanol–water partition coefficient (Wildman–Crippen LogP) is 3.11. The van der Waals surface area contributed by atoms with E-state index in [-0.39, 0.29) is 6.10 Å². The summed E-state index contributed by atoms with van der Waals surface area (Å²) >= 11 is 0. The Kier molecular flexibility index (Phi) is 4.43. The number of hydrogen-bond acceptors (Lipinski definition) is 2. The van der Waals surface area contributed by atoms with E-state index in [1.807, 2.05) is 6.92 Å². The van der Waals surface area contributed by atoms with Gasteiger partial charge in [0.2, 0.25) is 0 Å². The first-order chi connectivity index (χ1) is 8.29. The molecular formula is C15H22O2. The minimum atomic E-state index is -0.229. The second kappa shape index (κ2) is 6.06. The van der Waals surface area contributed by atoms with Crippen molar-refractivity contribution in [2.75, 3.05) is 6.61 Å². The maximum atomic E-state index is 9.45. The Morgan fingerprint density at radius 3 is 2.76 bits per heavy atom. The molecule has 0 heterocycles. The maximum absolute atomic E-state index is 9.45. The topological polar surface area (TPSA) is 29.5 Å². The highest BCUT2D eigenvalue weighted by atomic mass is 16.5. The molecule has 2 rings (SSSR count). The second-order valence-electron chi connectivity index (χ2n) is 4.84. The lowest BCUT2D eigenvalue weighted by atomic mass is 9.92. The zero-order chi connectivity index (χ0) is 12.1. The van der Waals surface area contributed by atoms with Crippen molar-refractivity contribution in [2.45, 2.75) is 51.6 Å². The molecule has 0 fully saturated rings. The third-order valence-electron chi connectivity index (χ3n) is 3.51. The molecule has 1 aromatic carbocycles. The summed E-state index contributed by atoms with van der Waals surface area (Å²) in [6, 6.07) is 6.43. The highest BCUT2D eigenvalue weighted by Crippen LogP contribution is 2.25. The van der Waals surface area contributed by atoms with Crippen LogP contribution >= 0.6 is 0 Å². The molecule has 0 saturated heterocycles. The van der Waals surface area contributed by atoms with E-state index in [2.05, 4.69) is 18.2 Å². The molecule has 0 aliphatic heterocycles. The standard InChI is InChI=1S/C15H22O2/c1-2-14(16)9-10-17-15-8-7-12-5-3-4-6-13(12)11-15/h7-8,11,14,16H,2-6,9-10H2,1H3. The number of aliphatic hydroxyl groups excluding tert-OH is 1. The van der Waals surface area contributed by atoms with Gasteiger partial charge in [0.05, 0.1) is 12.7 Å². The number of aliphatic hydroxyl groups is 1. The Bertz CT molecular complexity index is 360. The van der Waals surface area contributed by atoms with Crippen molar-refractivity contribution in [1.29, 1.82) is 0 Å². The van der Waals surface area contributed by atoms with E-state index < -0.39 is 0 Å². The van der Waals surface area contributed by atoms with Gasteiger partial charge in [-0.15, -0.1) is 0 Å². The second-order valence-corrected chi connectivity index (χ2v) is 4.84. The quantitative estimate of drug-likeness (QED) is 0.848. The molecule has 94 valence electrons. The summed E-state index contributed by atoms with van der Waals surface area (Å²) in [6.07, 6.45) is 6.30. The summed E-state index contributed by atoms with van der Waals surface area (Å²) in [4.78, 5) is 0. The molecule has 1 atom stereocenters. The molecule has 0 saturated carbocycles. The summed E-state index contributed by atoms with van der Waals surface area (Å²) in [5.74, 6) is 0.953. The highest BCUT2D eigenvalue weighted by molar-refractivity contribution is 5.37. The molecular weight excluding hydrogens is 212 g/mol. The molecule has 0 bridgehead atoms. The summed E-state index contributed by atoms with van der Waals surface area (Å²) in [5.41, 5.74) is 2.93. The smallest absolute Gasteiger partial charge is 0.119 e. The van der Waals surface area contributed by atoms with Gasteiger partial charge in [0.1, 0.15) is 5.75 Å². The van der Waals surface area contributed by atoms with Crippen molar-refractivity contribution in [3.8, 4) is 5.75 Å². The summed E-state index contributed by atoms with van der Waals surface area (Å²) in [6.45, 7) is 2.59. The van der Waals surface area contributed by atoms with Gasteiger partial charge >= 0.3 is 0 Å². The van der Waals surface area contributed by atoms with E-state index in [1.165, 1.54) is 36.8 Å². The van der Waals surface area contributed by atoms with Crippen LogP contribution in [0.4, 0.5) is 0 Å². The van der Waals surface area contributed by atoms with E-state index in [0.717, 1.165) is 12.2 Å². The Balaban J connectivity index is 1.89. The normalized spacial score (nSPS) is 16.4.